The Balaban J connectivity index is 3.43. The first kappa shape index (κ1) is 10.6. The molecule has 1 rings (SSSR count). The van der Waals surface area contributed by atoms with Crippen LogP contribution in [0.15, 0.2) is 0 Å². The van der Waals surface area contributed by atoms with Crippen LogP contribution in [0.3, 0.4) is 0 Å². The zero-order valence-electron chi connectivity index (χ0n) is 5.70. The molecule has 1 aliphatic heterocycles. The zero-order chi connectivity index (χ0) is 10.7. The van der Waals surface area contributed by atoms with E-state index in [0.717, 1.165) is 0 Å². The first-order valence-corrected chi connectivity index (χ1v) is 4.32. The van der Waals surface area contributed by atoms with Crippen molar-refractivity contribution in [1.82, 2.24) is 0 Å². The van der Waals surface area contributed by atoms with E-state index in [0.29, 0.717) is 0 Å². The fourth-order valence-electron chi connectivity index (χ4n) is 0.840. The van der Waals surface area contributed by atoms with Gasteiger partial charge in [0.2, 0.25) is 0 Å². The molecule has 0 aromatic heterocycles. The van der Waals surface area contributed by atoms with Crippen molar-refractivity contribution in [2.75, 3.05) is 0 Å². The van der Waals surface area contributed by atoms with Crippen molar-refractivity contribution in [1.29, 1.82) is 0 Å². The highest BCUT2D eigenvalue weighted by atomic mass is 32.2. The van der Waals surface area contributed by atoms with E-state index in [4.69, 9.17) is 0 Å². The van der Waals surface area contributed by atoms with E-state index in [2.05, 4.69) is 0 Å². The summed E-state index contributed by atoms with van der Waals surface area (Å²) >= 11 is 0. The van der Waals surface area contributed by atoms with Crippen molar-refractivity contribution < 1.29 is 34.8 Å². The van der Waals surface area contributed by atoms with Crippen LogP contribution in [0.25, 0.3) is 0 Å². The van der Waals surface area contributed by atoms with E-state index in [1.165, 1.54) is 0 Å². The first-order valence-electron chi connectivity index (χ1n) is 2.83. The van der Waals surface area contributed by atoms with Crippen LogP contribution in [-0.2, 0) is 9.84 Å². The molecule has 13 heavy (non-hydrogen) atoms. The van der Waals surface area contributed by atoms with E-state index in [1.54, 1.807) is 0 Å². The van der Waals surface area contributed by atoms with Crippen LogP contribution in [-0.4, -0.2) is 24.8 Å². The molecule has 0 aromatic carbocycles. The number of alkyl halides is 6. The SMILES string of the molecule is O=S1(=O)C(F)(F)CC(F)(F)C1(F)F. The minimum Gasteiger partial charge on any atom is -0.216 e. The largest absolute Gasteiger partial charge is 0.413 e. The Hall–Kier alpha value is -0.470. The Morgan fingerprint density at radius 3 is 1.38 bits per heavy atom. The smallest absolute Gasteiger partial charge is 0.216 e. The third-order valence-corrected chi connectivity index (χ3v) is 3.49. The molecule has 0 amide bonds. The standard InChI is InChI=1S/C4H2F6O2S/c5-2(6)1-3(7,8)13(11,12)4(2,9)10/h1H2. The molecule has 2 nitrogen and oxygen atoms in total. The topological polar surface area (TPSA) is 34.1 Å². The van der Waals surface area contributed by atoms with Crippen LogP contribution in [0, 0.1) is 0 Å². The summed E-state index contributed by atoms with van der Waals surface area (Å²) in [6.07, 6.45) is -2.67. The lowest BCUT2D eigenvalue weighted by Gasteiger charge is -2.14. The molecule has 0 unspecified atom stereocenters. The van der Waals surface area contributed by atoms with E-state index < -0.39 is 32.7 Å². The summed E-state index contributed by atoms with van der Waals surface area (Å²) in [4.78, 5) is 0. The van der Waals surface area contributed by atoms with Crippen LogP contribution < -0.4 is 0 Å². The second-order valence-corrected chi connectivity index (χ2v) is 4.66. The summed E-state index contributed by atoms with van der Waals surface area (Å²) in [7, 11) is -6.43. The Morgan fingerprint density at radius 2 is 1.31 bits per heavy atom. The van der Waals surface area contributed by atoms with Gasteiger partial charge in [0, 0.05) is 0 Å². The number of halogens is 6. The summed E-state index contributed by atoms with van der Waals surface area (Å²) in [5.41, 5.74) is 0. The van der Waals surface area contributed by atoms with Gasteiger partial charge in [0.1, 0.15) is 0 Å². The van der Waals surface area contributed by atoms with Gasteiger partial charge in [-0.3, -0.25) is 0 Å². The number of rotatable bonds is 0. The molecule has 0 saturated carbocycles. The minimum atomic E-state index is -6.43. The molecule has 0 atom stereocenters. The van der Waals surface area contributed by atoms with Crippen LogP contribution in [0.5, 0.6) is 0 Å². The lowest BCUT2D eigenvalue weighted by atomic mass is 10.2. The van der Waals surface area contributed by atoms with Gasteiger partial charge in [0.25, 0.3) is 9.84 Å². The molecule has 0 aromatic rings. The Labute approximate surface area is 68.4 Å². The number of hydrogen-bond acceptors (Lipinski definition) is 2. The van der Waals surface area contributed by atoms with Gasteiger partial charge < -0.3 is 0 Å². The van der Waals surface area contributed by atoms with Gasteiger partial charge in [-0.15, -0.1) is 0 Å². The molecule has 0 radical (unpaired) electrons. The molecule has 1 aliphatic rings. The Morgan fingerprint density at radius 1 is 0.923 bits per heavy atom. The fraction of sp³-hybridized carbons (Fsp3) is 1.00. The predicted octanol–water partition coefficient (Wildman–Crippen LogP) is 1.63. The molecule has 1 saturated heterocycles. The molecular weight excluding hydrogens is 226 g/mol. The van der Waals surface area contributed by atoms with E-state index >= 15 is 0 Å². The number of sulfone groups is 1. The summed E-state index contributed by atoms with van der Waals surface area (Å²) in [6, 6.07) is 0. The van der Waals surface area contributed by atoms with Gasteiger partial charge in [-0.2, -0.15) is 26.3 Å². The molecule has 1 heterocycles. The van der Waals surface area contributed by atoms with Crippen molar-refractivity contribution in [2.45, 2.75) is 22.9 Å². The van der Waals surface area contributed by atoms with Crippen molar-refractivity contribution in [3.05, 3.63) is 0 Å². The first-order chi connectivity index (χ1) is 5.46. The van der Waals surface area contributed by atoms with Crippen LogP contribution in [0.4, 0.5) is 26.3 Å². The molecule has 0 bridgehead atoms. The monoisotopic (exact) mass is 228 g/mol. The maximum Gasteiger partial charge on any atom is 0.413 e. The van der Waals surface area contributed by atoms with Gasteiger partial charge >= 0.3 is 16.4 Å². The highest BCUT2D eigenvalue weighted by Gasteiger charge is 2.82. The normalized spacial score (nSPS) is 33.1. The lowest BCUT2D eigenvalue weighted by Crippen LogP contribution is -2.40. The average molecular weight is 228 g/mol. The molecule has 78 valence electrons. The Bertz CT molecular complexity index is 331. The van der Waals surface area contributed by atoms with E-state index in [1.807, 2.05) is 0 Å². The second-order valence-electron chi connectivity index (χ2n) is 2.54. The average Bonchev–Trinajstić information content (AvgIpc) is 1.88. The fourth-order valence-corrected chi connectivity index (χ4v) is 2.05. The van der Waals surface area contributed by atoms with E-state index in [-0.39, 0.29) is 0 Å². The molecule has 0 N–H and O–H groups in total. The Kier molecular flexibility index (Phi) is 1.73. The minimum absolute atomic E-state index is 2.67. The lowest BCUT2D eigenvalue weighted by molar-refractivity contribution is -0.159. The van der Waals surface area contributed by atoms with Gasteiger partial charge in [0.15, 0.2) is 0 Å². The van der Waals surface area contributed by atoms with Gasteiger partial charge in [-0.25, -0.2) is 8.42 Å². The molecular formula is C4H2F6O2S. The van der Waals surface area contributed by atoms with Crippen molar-refractivity contribution in [3.63, 3.8) is 0 Å². The molecule has 0 spiro atoms. The van der Waals surface area contributed by atoms with Gasteiger partial charge in [0.05, 0.1) is 6.42 Å². The van der Waals surface area contributed by atoms with Crippen molar-refractivity contribution >= 4 is 9.84 Å². The molecule has 1 fully saturated rings. The third kappa shape index (κ3) is 0.990. The third-order valence-electron chi connectivity index (χ3n) is 1.58. The summed E-state index contributed by atoms with van der Waals surface area (Å²) < 4.78 is 93.2. The van der Waals surface area contributed by atoms with Gasteiger partial charge in [-0.05, 0) is 0 Å². The maximum absolute atomic E-state index is 12.2. The van der Waals surface area contributed by atoms with E-state index in [9.17, 15) is 34.8 Å². The number of hydrogen-bond donors (Lipinski definition) is 0. The maximum atomic E-state index is 12.2. The van der Waals surface area contributed by atoms with Crippen LogP contribution in [0.1, 0.15) is 6.42 Å². The summed E-state index contributed by atoms with van der Waals surface area (Å²) in [6.45, 7) is 0. The highest BCUT2D eigenvalue weighted by molar-refractivity contribution is 7.93. The predicted molar refractivity (Wildman–Crippen MR) is 28.4 cm³/mol. The highest BCUT2D eigenvalue weighted by Crippen LogP contribution is 2.56. The van der Waals surface area contributed by atoms with Crippen LogP contribution in [0.2, 0.25) is 0 Å². The van der Waals surface area contributed by atoms with Crippen molar-refractivity contribution in [3.8, 4) is 0 Å². The molecule has 0 aliphatic carbocycles. The molecule has 9 heteroatoms. The quantitative estimate of drug-likeness (QED) is 0.590. The zero-order valence-corrected chi connectivity index (χ0v) is 6.52. The summed E-state index contributed by atoms with van der Waals surface area (Å²) in [5.74, 6) is -5.21. The van der Waals surface area contributed by atoms with Crippen LogP contribution >= 0.6 is 0 Å². The van der Waals surface area contributed by atoms with Gasteiger partial charge in [-0.1, -0.05) is 0 Å². The summed E-state index contributed by atoms with van der Waals surface area (Å²) in [5, 5.41) is -10.8. The second kappa shape index (κ2) is 2.12. The van der Waals surface area contributed by atoms with Crippen molar-refractivity contribution in [2.24, 2.45) is 0 Å².